The van der Waals surface area contributed by atoms with Crippen LogP contribution < -0.4 is 0 Å². The van der Waals surface area contributed by atoms with E-state index in [0.29, 0.717) is 11.3 Å². The van der Waals surface area contributed by atoms with Crippen LogP contribution in [0.25, 0.3) is 0 Å². The fraction of sp³-hybridized carbons (Fsp3) is 1.00. The fourth-order valence-electron chi connectivity index (χ4n) is 7.97. The summed E-state index contributed by atoms with van der Waals surface area (Å²) in [6.45, 7) is 11.1. The molecule has 3 aliphatic carbocycles. The molecule has 0 aliphatic heterocycles. The Kier molecular flexibility index (Phi) is 8.58. The lowest BCUT2D eigenvalue weighted by Crippen LogP contribution is -2.41. The first-order valence-electron chi connectivity index (χ1n) is 13.5. The van der Waals surface area contributed by atoms with Gasteiger partial charge in [0.2, 0.25) is 0 Å². The minimum absolute atomic E-state index is 0.195. The van der Waals surface area contributed by atoms with E-state index in [1.54, 1.807) is 0 Å². The minimum atomic E-state index is -0.522. The molecular weight excluding hydrogens is 384 g/mol. The lowest BCUT2D eigenvalue weighted by atomic mass is 9.58. The Bertz CT molecular complexity index is 555. The van der Waals surface area contributed by atoms with Crippen LogP contribution >= 0.6 is 0 Å². The molecule has 31 heavy (non-hydrogen) atoms. The van der Waals surface area contributed by atoms with Crippen molar-refractivity contribution in [3.63, 3.8) is 0 Å². The van der Waals surface area contributed by atoms with E-state index in [1.165, 1.54) is 51.4 Å². The van der Waals surface area contributed by atoms with Gasteiger partial charge in [0.1, 0.15) is 0 Å². The first-order valence-corrected chi connectivity index (χ1v) is 13.5. The average Bonchev–Trinajstić information content (AvgIpc) is 3.05. The Morgan fingerprint density at radius 2 is 1.87 bits per heavy atom. The van der Waals surface area contributed by atoms with E-state index in [9.17, 15) is 10.2 Å². The summed E-state index contributed by atoms with van der Waals surface area (Å²) in [5.74, 6) is 4.31. The summed E-state index contributed by atoms with van der Waals surface area (Å²) in [4.78, 5) is 0. The molecule has 0 saturated heterocycles. The predicted molar refractivity (Wildman–Crippen MR) is 129 cm³/mol. The van der Waals surface area contributed by atoms with Gasteiger partial charge in [-0.05, 0) is 107 Å². The third-order valence-corrected chi connectivity index (χ3v) is 10.1. The second kappa shape index (κ2) is 10.4. The fourth-order valence-corrected chi connectivity index (χ4v) is 7.97. The van der Waals surface area contributed by atoms with Crippen molar-refractivity contribution in [3.05, 3.63) is 0 Å². The van der Waals surface area contributed by atoms with Crippen molar-refractivity contribution in [1.82, 2.24) is 0 Å². The monoisotopic (exact) mass is 436 g/mol. The molecule has 2 N–H and O–H groups in total. The highest BCUT2D eigenvalue weighted by Gasteiger charge is 2.51. The summed E-state index contributed by atoms with van der Waals surface area (Å²) in [5.41, 5.74) is 0.000810. The molecule has 0 heterocycles. The normalized spacial score (nSPS) is 42.4. The van der Waals surface area contributed by atoms with E-state index in [1.807, 2.05) is 21.0 Å². The Morgan fingerprint density at radius 3 is 2.55 bits per heavy atom. The van der Waals surface area contributed by atoms with Crippen molar-refractivity contribution in [1.29, 1.82) is 0 Å². The molecule has 0 aromatic carbocycles. The van der Waals surface area contributed by atoms with Gasteiger partial charge in [-0.2, -0.15) is 0 Å². The van der Waals surface area contributed by atoms with Gasteiger partial charge in [0.25, 0.3) is 0 Å². The molecule has 9 atom stereocenters. The molecular formula is C28H52O3. The third kappa shape index (κ3) is 6.07. The number of fused-ring (bicyclic) bond motifs is 1. The molecule has 3 fully saturated rings. The van der Waals surface area contributed by atoms with Crippen molar-refractivity contribution < 1.29 is 14.9 Å². The van der Waals surface area contributed by atoms with Crippen LogP contribution in [-0.4, -0.2) is 35.1 Å². The Balaban J connectivity index is 1.54. The largest absolute Gasteiger partial charge is 0.393 e. The van der Waals surface area contributed by atoms with Crippen molar-refractivity contribution in [2.45, 2.75) is 129 Å². The van der Waals surface area contributed by atoms with Crippen LogP contribution in [0.1, 0.15) is 112 Å². The van der Waals surface area contributed by atoms with Gasteiger partial charge in [0, 0.05) is 13.0 Å². The Hall–Kier alpha value is -0.120. The van der Waals surface area contributed by atoms with E-state index in [0.717, 1.165) is 49.4 Å². The van der Waals surface area contributed by atoms with Gasteiger partial charge in [0.05, 0.1) is 17.8 Å². The van der Waals surface area contributed by atoms with Gasteiger partial charge in [-0.1, -0.05) is 40.0 Å². The maximum atomic E-state index is 10.5. The van der Waals surface area contributed by atoms with Crippen LogP contribution in [0.2, 0.25) is 0 Å². The molecule has 0 radical (unpaired) electrons. The molecule has 7 unspecified atom stereocenters. The standard InChI is InChI=1S/C28H52O3/c1-19(9-8-15-27(3,4)30)23-14-16-28(5)22(10-7-11-24(23)28)13-12-21-17-25(29)20(2)26(18-21)31-6/h19-26,29-30H,7-18H2,1-6H3/t19?,20?,21?,22?,23?,24?,25?,26-,28+/m1/s1. The Morgan fingerprint density at radius 1 is 1.13 bits per heavy atom. The van der Waals surface area contributed by atoms with Crippen molar-refractivity contribution >= 4 is 0 Å². The molecule has 0 aromatic rings. The Labute approximate surface area is 192 Å². The first kappa shape index (κ1) is 25.5. The highest BCUT2D eigenvalue weighted by Crippen LogP contribution is 2.60. The lowest BCUT2D eigenvalue weighted by molar-refractivity contribution is -0.0613. The van der Waals surface area contributed by atoms with Crippen LogP contribution in [0, 0.1) is 40.9 Å². The quantitative estimate of drug-likeness (QED) is 0.428. The number of rotatable bonds is 9. The first-order chi connectivity index (χ1) is 14.5. The van der Waals surface area contributed by atoms with E-state index in [-0.39, 0.29) is 18.1 Å². The summed E-state index contributed by atoms with van der Waals surface area (Å²) in [7, 11) is 1.81. The minimum Gasteiger partial charge on any atom is -0.393 e. The molecule has 3 aliphatic rings. The topological polar surface area (TPSA) is 49.7 Å². The van der Waals surface area contributed by atoms with Gasteiger partial charge < -0.3 is 14.9 Å². The smallest absolute Gasteiger partial charge is 0.0624 e. The zero-order valence-corrected chi connectivity index (χ0v) is 21.4. The summed E-state index contributed by atoms with van der Waals surface area (Å²) < 4.78 is 5.70. The highest BCUT2D eigenvalue weighted by molar-refractivity contribution is 5.01. The molecule has 3 rings (SSSR count). The molecule has 3 heteroatoms. The van der Waals surface area contributed by atoms with Crippen molar-refractivity contribution in [2.24, 2.45) is 40.9 Å². The lowest BCUT2D eigenvalue weighted by Gasteiger charge is -2.47. The SMILES string of the molecule is CO[C@@H]1CC(CCC2CCCC3C(C(C)CCCC(C)(C)O)CC[C@@]23C)CC(O)C1C. The zero-order chi connectivity index (χ0) is 22.8. The number of aliphatic hydroxyl groups is 2. The van der Waals surface area contributed by atoms with Crippen LogP contribution in [0.5, 0.6) is 0 Å². The maximum Gasteiger partial charge on any atom is 0.0624 e. The summed E-state index contributed by atoms with van der Waals surface area (Å²) >= 11 is 0. The van der Waals surface area contributed by atoms with Crippen LogP contribution in [0.4, 0.5) is 0 Å². The van der Waals surface area contributed by atoms with Gasteiger partial charge in [-0.25, -0.2) is 0 Å². The predicted octanol–water partition coefficient (Wildman–Crippen LogP) is 6.60. The molecule has 0 spiro atoms. The molecule has 3 saturated carbocycles. The number of hydrogen-bond acceptors (Lipinski definition) is 3. The van der Waals surface area contributed by atoms with Crippen molar-refractivity contribution in [3.8, 4) is 0 Å². The van der Waals surface area contributed by atoms with Gasteiger partial charge in [-0.3, -0.25) is 0 Å². The molecule has 0 bridgehead atoms. The molecule has 0 amide bonds. The average molecular weight is 437 g/mol. The zero-order valence-electron chi connectivity index (χ0n) is 21.4. The molecule has 3 nitrogen and oxygen atoms in total. The number of methoxy groups -OCH3 is 1. The third-order valence-electron chi connectivity index (χ3n) is 10.1. The van der Waals surface area contributed by atoms with Crippen LogP contribution in [0.15, 0.2) is 0 Å². The number of aliphatic hydroxyl groups excluding tert-OH is 1. The van der Waals surface area contributed by atoms with Crippen LogP contribution in [-0.2, 0) is 4.74 Å². The molecule has 0 aromatic heterocycles. The van der Waals surface area contributed by atoms with E-state index in [2.05, 4.69) is 20.8 Å². The highest BCUT2D eigenvalue weighted by atomic mass is 16.5. The van der Waals surface area contributed by atoms with Gasteiger partial charge >= 0.3 is 0 Å². The molecule has 182 valence electrons. The van der Waals surface area contributed by atoms with E-state index >= 15 is 0 Å². The summed E-state index contributed by atoms with van der Waals surface area (Å²) in [5, 5.41) is 20.6. The maximum absolute atomic E-state index is 10.5. The second-order valence-corrected chi connectivity index (χ2v) is 12.7. The number of ether oxygens (including phenoxy) is 1. The van der Waals surface area contributed by atoms with E-state index < -0.39 is 5.60 Å². The van der Waals surface area contributed by atoms with E-state index in [4.69, 9.17) is 4.74 Å². The van der Waals surface area contributed by atoms with Gasteiger partial charge in [-0.15, -0.1) is 0 Å². The number of hydrogen-bond donors (Lipinski definition) is 2. The van der Waals surface area contributed by atoms with Crippen molar-refractivity contribution in [2.75, 3.05) is 7.11 Å². The second-order valence-electron chi connectivity index (χ2n) is 12.7. The van der Waals surface area contributed by atoms with Gasteiger partial charge in [0.15, 0.2) is 0 Å². The summed E-state index contributed by atoms with van der Waals surface area (Å²) in [6, 6.07) is 0. The summed E-state index contributed by atoms with van der Waals surface area (Å²) in [6.07, 6.45) is 15.1. The van der Waals surface area contributed by atoms with Crippen LogP contribution in [0.3, 0.4) is 0 Å².